The number of hydrogen-bond acceptors (Lipinski definition) is 3. The van der Waals surface area contributed by atoms with Gasteiger partial charge in [-0.05, 0) is 55.2 Å². The number of hydrogen-bond donors (Lipinski definition) is 0. The number of pyridine rings is 1. The molecule has 1 aliphatic rings. The highest BCUT2D eigenvalue weighted by Gasteiger charge is 2.38. The Morgan fingerprint density at radius 3 is 2.55 bits per heavy atom. The van der Waals surface area contributed by atoms with Crippen LogP contribution in [0.3, 0.4) is 0 Å². The van der Waals surface area contributed by atoms with Gasteiger partial charge in [0.05, 0.1) is 4.90 Å². The molecule has 0 saturated heterocycles. The average Bonchev–Trinajstić information content (AvgIpc) is 3.32. The second-order valence-electron chi connectivity index (χ2n) is 5.55. The minimum Gasteiger partial charge on any atom is -0.265 e. The van der Waals surface area contributed by atoms with Crippen molar-refractivity contribution in [3.8, 4) is 0 Å². The summed E-state index contributed by atoms with van der Waals surface area (Å²) in [6.45, 7) is 1.97. The molecular weight excluding hydrogens is 303 g/mol. The van der Waals surface area contributed by atoms with E-state index in [1.165, 1.54) is 16.4 Å². The number of benzene rings is 1. The fraction of sp³-hybridized carbons (Fsp3) is 0.312. The molecule has 116 valence electrons. The molecule has 1 heterocycles. The van der Waals surface area contributed by atoms with E-state index < -0.39 is 15.8 Å². The van der Waals surface area contributed by atoms with Gasteiger partial charge in [0.1, 0.15) is 5.82 Å². The third-order valence-corrected chi connectivity index (χ3v) is 5.82. The topological polar surface area (TPSA) is 50.3 Å². The normalized spacial score (nSPS) is 15.2. The molecule has 0 atom stereocenters. The van der Waals surface area contributed by atoms with Gasteiger partial charge >= 0.3 is 0 Å². The van der Waals surface area contributed by atoms with Gasteiger partial charge in [0.15, 0.2) is 0 Å². The van der Waals surface area contributed by atoms with Crippen LogP contribution >= 0.6 is 0 Å². The van der Waals surface area contributed by atoms with Crippen molar-refractivity contribution in [3.63, 3.8) is 0 Å². The Balaban J connectivity index is 1.98. The predicted octanol–water partition coefficient (Wildman–Crippen LogP) is 2.88. The van der Waals surface area contributed by atoms with Crippen LogP contribution in [0.25, 0.3) is 0 Å². The van der Waals surface area contributed by atoms with Crippen molar-refractivity contribution in [3.05, 3.63) is 59.7 Å². The Morgan fingerprint density at radius 1 is 1.23 bits per heavy atom. The standard InChI is InChI=1S/C16H17FN2O2S/c1-12-2-3-14(17)10-16(12)22(20,21)19(15-4-5-15)11-13-6-8-18-9-7-13/h2-3,6-10,15H,4-5,11H2,1H3. The maximum absolute atomic E-state index is 13.5. The third-order valence-electron chi connectivity index (χ3n) is 3.78. The molecule has 1 aliphatic carbocycles. The van der Waals surface area contributed by atoms with Crippen molar-refractivity contribution in [2.75, 3.05) is 0 Å². The quantitative estimate of drug-likeness (QED) is 0.851. The lowest BCUT2D eigenvalue weighted by atomic mass is 10.2. The van der Waals surface area contributed by atoms with E-state index in [-0.39, 0.29) is 17.5 Å². The van der Waals surface area contributed by atoms with Crippen molar-refractivity contribution in [2.24, 2.45) is 0 Å². The van der Waals surface area contributed by atoms with E-state index in [1.54, 1.807) is 31.5 Å². The van der Waals surface area contributed by atoms with Gasteiger partial charge in [-0.25, -0.2) is 12.8 Å². The summed E-state index contributed by atoms with van der Waals surface area (Å²) in [5.74, 6) is -0.538. The van der Waals surface area contributed by atoms with Crippen LogP contribution in [0.4, 0.5) is 4.39 Å². The van der Waals surface area contributed by atoms with Crippen molar-refractivity contribution in [1.82, 2.24) is 9.29 Å². The number of rotatable bonds is 5. The minimum atomic E-state index is -3.72. The number of halogens is 1. The summed E-state index contributed by atoms with van der Waals surface area (Å²) >= 11 is 0. The van der Waals surface area contributed by atoms with Gasteiger partial charge in [-0.1, -0.05) is 6.07 Å². The van der Waals surface area contributed by atoms with E-state index in [1.807, 2.05) is 0 Å². The Hall–Kier alpha value is -1.79. The van der Waals surface area contributed by atoms with Gasteiger partial charge in [-0.2, -0.15) is 4.31 Å². The van der Waals surface area contributed by atoms with Crippen LogP contribution in [0, 0.1) is 12.7 Å². The molecule has 0 unspecified atom stereocenters. The first-order chi connectivity index (χ1) is 10.5. The lowest BCUT2D eigenvalue weighted by molar-refractivity contribution is 0.398. The van der Waals surface area contributed by atoms with Gasteiger partial charge in [0.2, 0.25) is 10.0 Å². The molecule has 0 N–H and O–H groups in total. The first kappa shape index (κ1) is 15.1. The monoisotopic (exact) mass is 320 g/mol. The fourth-order valence-corrected chi connectivity index (χ4v) is 4.33. The number of nitrogens with zero attached hydrogens (tertiary/aromatic N) is 2. The first-order valence-electron chi connectivity index (χ1n) is 7.15. The van der Waals surface area contributed by atoms with E-state index in [0.29, 0.717) is 5.56 Å². The molecule has 2 aromatic rings. The summed E-state index contributed by atoms with van der Waals surface area (Å²) in [7, 11) is -3.72. The van der Waals surface area contributed by atoms with E-state index in [2.05, 4.69) is 4.98 Å². The fourth-order valence-electron chi connectivity index (χ4n) is 2.42. The van der Waals surface area contributed by atoms with Crippen molar-refractivity contribution >= 4 is 10.0 Å². The van der Waals surface area contributed by atoms with Crippen LogP contribution in [0.1, 0.15) is 24.0 Å². The Kier molecular flexibility index (Phi) is 3.97. The Bertz CT molecular complexity index is 774. The molecular formula is C16H17FN2O2S. The van der Waals surface area contributed by atoms with E-state index in [4.69, 9.17) is 0 Å². The van der Waals surface area contributed by atoms with Gasteiger partial charge in [0, 0.05) is 25.0 Å². The second-order valence-corrected chi connectivity index (χ2v) is 7.41. The van der Waals surface area contributed by atoms with Gasteiger partial charge in [-0.15, -0.1) is 0 Å². The van der Waals surface area contributed by atoms with Crippen LogP contribution < -0.4 is 0 Å². The van der Waals surface area contributed by atoms with Crippen molar-refractivity contribution in [1.29, 1.82) is 0 Å². The molecule has 22 heavy (non-hydrogen) atoms. The Morgan fingerprint density at radius 2 is 1.91 bits per heavy atom. The summed E-state index contributed by atoms with van der Waals surface area (Å²) in [5, 5.41) is 0. The average molecular weight is 320 g/mol. The Labute approximate surface area is 129 Å². The maximum Gasteiger partial charge on any atom is 0.243 e. The molecule has 1 aromatic carbocycles. The second kappa shape index (κ2) is 5.78. The lowest BCUT2D eigenvalue weighted by Gasteiger charge is -2.23. The minimum absolute atomic E-state index is 0.000771. The summed E-state index contributed by atoms with van der Waals surface area (Å²) in [4.78, 5) is 3.99. The van der Waals surface area contributed by atoms with E-state index in [9.17, 15) is 12.8 Å². The number of aryl methyl sites for hydroxylation is 1. The molecule has 0 bridgehead atoms. The molecule has 3 rings (SSSR count). The summed E-state index contributed by atoms with van der Waals surface area (Å²) in [6.07, 6.45) is 4.97. The molecule has 6 heteroatoms. The van der Waals surface area contributed by atoms with Gasteiger partial charge in [0.25, 0.3) is 0 Å². The molecule has 1 aromatic heterocycles. The SMILES string of the molecule is Cc1ccc(F)cc1S(=O)(=O)N(Cc1ccncc1)C1CC1. The highest BCUT2D eigenvalue weighted by Crippen LogP contribution is 2.34. The van der Waals surface area contributed by atoms with Crippen LogP contribution in [0.2, 0.25) is 0 Å². The first-order valence-corrected chi connectivity index (χ1v) is 8.59. The number of sulfonamides is 1. The highest BCUT2D eigenvalue weighted by atomic mass is 32.2. The zero-order chi connectivity index (χ0) is 15.7. The van der Waals surface area contributed by atoms with Crippen molar-refractivity contribution in [2.45, 2.75) is 37.2 Å². The molecule has 4 nitrogen and oxygen atoms in total. The smallest absolute Gasteiger partial charge is 0.243 e. The predicted molar refractivity (Wildman–Crippen MR) is 81.1 cm³/mol. The molecule has 0 aliphatic heterocycles. The third kappa shape index (κ3) is 3.03. The van der Waals surface area contributed by atoms with Crippen LogP contribution in [0.5, 0.6) is 0 Å². The summed E-state index contributed by atoms with van der Waals surface area (Å²) in [5.41, 5.74) is 1.43. The molecule has 0 amide bonds. The lowest BCUT2D eigenvalue weighted by Crippen LogP contribution is -2.33. The van der Waals surface area contributed by atoms with Crippen LogP contribution in [0.15, 0.2) is 47.6 Å². The number of aromatic nitrogens is 1. The van der Waals surface area contributed by atoms with Crippen LogP contribution in [-0.4, -0.2) is 23.7 Å². The van der Waals surface area contributed by atoms with Gasteiger partial charge in [-0.3, -0.25) is 4.98 Å². The molecule has 1 fully saturated rings. The maximum atomic E-state index is 13.5. The van der Waals surface area contributed by atoms with Crippen molar-refractivity contribution < 1.29 is 12.8 Å². The molecule has 0 radical (unpaired) electrons. The summed E-state index contributed by atoms with van der Waals surface area (Å²) < 4.78 is 40.8. The van der Waals surface area contributed by atoms with Gasteiger partial charge < -0.3 is 0 Å². The largest absolute Gasteiger partial charge is 0.265 e. The zero-order valence-corrected chi connectivity index (χ0v) is 13.1. The zero-order valence-electron chi connectivity index (χ0n) is 12.2. The highest BCUT2D eigenvalue weighted by molar-refractivity contribution is 7.89. The van der Waals surface area contributed by atoms with E-state index >= 15 is 0 Å². The summed E-state index contributed by atoms with van der Waals surface area (Å²) in [6, 6.07) is 7.47. The van der Waals surface area contributed by atoms with Crippen LogP contribution in [-0.2, 0) is 16.6 Å². The molecule has 1 saturated carbocycles. The van der Waals surface area contributed by atoms with E-state index in [0.717, 1.165) is 24.5 Å². The molecule has 0 spiro atoms.